The van der Waals surface area contributed by atoms with Crippen LogP contribution >= 0.6 is 0 Å². The van der Waals surface area contributed by atoms with Crippen molar-refractivity contribution in [2.45, 2.75) is 6.92 Å². The molecule has 2 aromatic heterocycles. The van der Waals surface area contributed by atoms with E-state index in [2.05, 4.69) is 84.8 Å². The molecule has 0 saturated heterocycles. The van der Waals surface area contributed by atoms with Gasteiger partial charge in [0.05, 0.1) is 5.52 Å². The molecule has 2 heteroatoms. The third-order valence-corrected chi connectivity index (χ3v) is 5.24. The lowest BCUT2D eigenvalue weighted by Gasteiger charge is -2.05. The smallest absolute Gasteiger partial charge is 0.0526 e. The second-order valence-corrected chi connectivity index (χ2v) is 6.46. The molecule has 0 amide bonds. The molecule has 2 nitrogen and oxygen atoms in total. The Morgan fingerprint density at radius 1 is 0.652 bits per heavy atom. The van der Waals surface area contributed by atoms with Crippen LogP contribution in [0.5, 0.6) is 0 Å². The summed E-state index contributed by atoms with van der Waals surface area (Å²) in [7, 11) is 4.34. The van der Waals surface area contributed by atoms with Crippen LogP contribution in [0.25, 0.3) is 43.6 Å². The fourth-order valence-corrected chi connectivity index (χ4v) is 4.23. The van der Waals surface area contributed by atoms with E-state index in [9.17, 15) is 0 Å². The number of rotatable bonds is 0. The molecule has 5 aromatic rings. The van der Waals surface area contributed by atoms with Crippen LogP contribution < -0.4 is 0 Å². The first-order valence-corrected chi connectivity index (χ1v) is 8.02. The fraction of sp³-hybridized carbons (Fsp3) is 0.143. The molecule has 0 aliphatic heterocycles. The van der Waals surface area contributed by atoms with Crippen LogP contribution in [0.2, 0.25) is 0 Å². The van der Waals surface area contributed by atoms with E-state index in [1.807, 2.05) is 0 Å². The first-order chi connectivity index (χ1) is 11.2. The lowest BCUT2D eigenvalue weighted by Crippen LogP contribution is -1.91. The summed E-state index contributed by atoms with van der Waals surface area (Å²) < 4.78 is 4.65. The molecule has 23 heavy (non-hydrogen) atoms. The summed E-state index contributed by atoms with van der Waals surface area (Å²) in [5, 5.41) is 5.44. The monoisotopic (exact) mass is 298 g/mol. The van der Waals surface area contributed by atoms with Crippen LogP contribution in [-0.4, -0.2) is 9.13 Å². The molecule has 0 spiro atoms. The first kappa shape index (κ1) is 12.8. The number of benzene rings is 3. The second kappa shape index (κ2) is 4.17. The summed E-state index contributed by atoms with van der Waals surface area (Å²) in [6, 6.07) is 19.8. The Kier molecular flexibility index (Phi) is 2.31. The minimum Gasteiger partial charge on any atom is -0.344 e. The zero-order valence-corrected chi connectivity index (χ0v) is 13.6. The van der Waals surface area contributed by atoms with Gasteiger partial charge in [0, 0.05) is 52.2 Å². The Labute approximate surface area is 134 Å². The van der Waals surface area contributed by atoms with Crippen molar-refractivity contribution in [2.75, 3.05) is 0 Å². The minimum absolute atomic E-state index is 1.29. The molecule has 112 valence electrons. The van der Waals surface area contributed by atoms with Crippen molar-refractivity contribution in [3.05, 3.63) is 60.2 Å². The molecule has 0 N–H and O–H groups in total. The Morgan fingerprint density at radius 2 is 1.22 bits per heavy atom. The number of hydrogen-bond acceptors (Lipinski definition) is 0. The quantitative estimate of drug-likeness (QED) is 0.368. The van der Waals surface area contributed by atoms with E-state index >= 15 is 0 Å². The maximum absolute atomic E-state index is 2.33. The van der Waals surface area contributed by atoms with E-state index < -0.39 is 0 Å². The van der Waals surface area contributed by atoms with E-state index in [1.165, 1.54) is 49.2 Å². The molecule has 5 rings (SSSR count). The van der Waals surface area contributed by atoms with Crippen molar-refractivity contribution < 1.29 is 0 Å². The molecule has 0 atom stereocenters. The number of hydrogen-bond donors (Lipinski definition) is 0. The van der Waals surface area contributed by atoms with Gasteiger partial charge in [-0.25, -0.2) is 0 Å². The highest BCUT2D eigenvalue weighted by Gasteiger charge is 2.18. The molecule has 0 fully saturated rings. The Bertz CT molecular complexity index is 1240. The molecule has 0 aliphatic rings. The van der Waals surface area contributed by atoms with E-state index in [-0.39, 0.29) is 0 Å². The van der Waals surface area contributed by atoms with E-state index in [0.29, 0.717) is 0 Å². The molecule has 3 aromatic carbocycles. The lowest BCUT2D eigenvalue weighted by atomic mass is 10.0. The number of aryl methyl sites for hydroxylation is 3. The van der Waals surface area contributed by atoms with Gasteiger partial charge in [0.2, 0.25) is 0 Å². The summed E-state index contributed by atoms with van der Waals surface area (Å²) in [5.74, 6) is 0. The molecule has 0 saturated carbocycles. The van der Waals surface area contributed by atoms with Crippen molar-refractivity contribution in [1.29, 1.82) is 0 Å². The number of para-hydroxylation sites is 2. The molecule has 2 heterocycles. The lowest BCUT2D eigenvalue weighted by molar-refractivity contribution is 1.00. The van der Waals surface area contributed by atoms with Gasteiger partial charge in [-0.15, -0.1) is 0 Å². The Hall–Kier alpha value is -2.74. The molecule has 0 aliphatic carbocycles. The molecule has 0 radical (unpaired) electrons. The standard InChI is InChI=1S/C21H18N2/c1-13-12-18-19(14-8-4-6-10-16(14)22(18)2)20-15-9-5-7-11-17(15)23(3)21(13)20/h4-12H,1-3H3. The summed E-state index contributed by atoms with van der Waals surface area (Å²) in [6.45, 7) is 2.22. The summed E-state index contributed by atoms with van der Waals surface area (Å²) in [6.07, 6.45) is 0. The largest absolute Gasteiger partial charge is 0.344 e. The molecular weight excluding hydrogens is 280 g/mol. The summed E-state index contributed by atoms with van der Waals surface area (Å²) in [5.41, 5.74) is 6.58. The van der Waals surface area contributed by atoms with Gasteiger partial charge in [-0.05, 0) is 30.7 Å². The average Bonchev–Trinajstić information content (AvgIpc) is 3.03. The predicted molar refractivity (Wildman–Crippen MR) is 99.1 cm³/mol. The van der Waals surface area contributed by atoms with Crippen LogP contribution in [-0.2, 0) is 14.1 Å². The highest BCUT2D eigenvalue weighted by Crippen LogP contribution is 2.40. The fourth-order valence-electron chi connectivity index (χ4n) is 4.23. The van der Waals surface area contributed by atoms with Crippen molar-refractivity contribution in [1.82, 2.24) is 9.13 Å². The normalized spacial score (nSPS) is 12.1. The van der Waals surface area contributed by atoms with Gasteiger partial charge in [0.1, 0.15) is 0 Å². The molecule has 0 unspecified atom stereocenters. The minimum atomic E-state index is 1.29. The van der Waals surface area contributed by atoms with Crippen LogP contribution in [0.3, 0.4) is 0 Å². The Balaban J connectivity index is 2.25. The van der Waals surface area contributed by atoms with Crippen molar-refractivity contribution in [3.63, 3.8) is 0 Å². The van der Waals surface area contributed by atoms with Gasteiger partial charge < -0.3 is 9.13 Å². The van der Waals surface area contributed by atoms with Gasteiger partial charge >= 0.3 is 0 Å². The van der Waals surface area contributed by atoms with E-state index in [4.69, 9.17) is 0 Å². The van der Waals surface area contributed by atoms with E-state index in [0.717, 1.165) is 0 Å². The van der Waals surface area contributed by atoms with Crippen LogP contribution in [0.15, 0.2) is 54.6 Å². The maximum atomic E-state index is 2.33. The zero-order chi connectivity index (χ0) is 15.7. The molecular formula is C21H18N2. The van der Waals surface area contributed by atoms with Gasteiger partial charge in [-0.3, -0.25) is 0 Å². The number of nitrogens with zero attached hydrogens (tertiary/aromatic N) is 2. The Morgan fingerprint density at radius 3 is 1.91 bits per heavy atom. The van der Waals surface area contributed by atoms with E-state index in [1.54, 1.807) is 0 Å². The maximum Gasteiger partial charge on any atom is 0.0526 e. The topological polar surface area (TPSA) is 9.86 Å². The summed E-state index contributed by atoms with van der Waals surface area (Å²) in [4.78, 5) is 0. The third-order valence-electron chi connectivity index (χ3n) is 5.24. The van der Waals surface area contributed by atoms with Gasteiger partial charge in [0.25, 0.3) is 0 Å². The van der Waals surface area contributed by atoms with Crippen LogP contribution in [0, 0.1) is 6.92 Å². The highest BCUT2D eigenvalue weighted by atomic mass is 15.0. The van der Waals surface area contributed by atoms with Gasteiger partial charge in [-0.1, -0.05) is 36.4 Å². The highest BCUT2D eigenvalue weighted by molar-refractivity contribution is 6.28. The average molecular weight is 298 g/mol. The van der Waals surface area contributed by atoms with Gasteiger partial charge in [0.15, 0.2) is 0 Å². The first-order valence-electron chi connectivity index (χ1n) is 8.02. The van der Waals surface area contributed by atoms with Crippen LogP contribution in [0.4, 0.5) is 0 Å². The second-order valence-electron chi connectivity index (χ2n) is 6.46. The van der Waals surface area contributed by atoms with Crippen molar-refractivity contribution in [3.8, 4) is 0 Å². The SMILES string of the molecule is Cc1cc2c(c3ccccc3n2C)c2c3ccccc3n(C)c12. The predicted octanol–water partition coefficient (Wildman–Crippen LogP) is 5.28. The number of fused-ring (bicyclic) bond motifs is 7. The summed E-state index contributed by atoms with van der Waals surface area (Å²) >= 11 is 0. The zero-order valence-electron chi connectivity index (χ0n) is 13.6. The molecule has 0 bridgehead atoms. The van der Waals surface area contributed by atoms with Crippen LogP contribution in [0.1, 0.15) is 5.56 Å². The van der Waals surface area contributed by atoms with Crippen molar-refractivity contribution >= 4 is 43.6 Å². The van der Waals surface area contributed by atoms with Crippen molar-refractivity contribution in [2.24, 2.45) is 14.1 Å². The number of aromatic nitrogens is 2. The van der Waals surface area contributed by atoms with Gasteiger partial charge in [-0.2, -0.15) is 0 Å². The third kappa shape index (κ3) is 1.43.